The molecule has 162 valence electrons. The van der Waals surface area contributed by atoms with Crippen molar-refractivity contribution in [2.45, 2.75) is 32.6 Å². The first-order valence-corrected chi connectivity index (χ1v) is 11.2. The minimum Gasteiger partial charge on any atom is -0.352 e. The summed E-state index contributed by atoms with van der Waals surface area (Å²) in [4.78, 5) is 32.0. The predicted octanol–water partition coefficient (Wildman–Crippen LogP) is 3.86. The molecule has 0 bridgehead atoms. The molecule has 1 aromatic carbocycles. The molecule has 1 saturated carbocycles. The largest absolute Gasteiger partial charge is 0.352 e. The van der Waals surface area contributed by atoms with Gasteiger partial charge in [0.05, 0.1) is 5.41 Å². The van der Waals surface area contributed by atoms with Gasteiger partial charge in [-0.2, -0.15) is 0 Å². The Bertz CT molecular complexity index is 948. The monoisotopic (exact) mass is 417 g/mol. The van der Waals surface area contributed by atoms with E-state index in [4.69, 9.17) is 0 Å². The number of carbonyl (C=O) groups is 2. The minimum absolute atomic E-state index is 0.0635. The molecule has 2 atom stereocenters. The second kappa shape index (κ2) is 9.04. The zero-order chi connectivity index (χ0) is 21.8. The molecular formula is C26H31N3O2. The van der Waals surface area contributed by atoms with E-state index in [0.29, 0.717) is 44.8 Å². The van der Waals surface area contributed by atoms with Crippen LogP contribution >= 0.6 is 0 Å². The standard InChI is InChI=1S/C26H31N3O2/c1-3-11-28-25(31)26(9-14-29(15-10-26)24(30)23-16-19(23)2)18-20-5-4-6-22(17-20)21-7-12-27-13-8-21/h3-8,12-13,17,19,23H,1,9-11,14-16,18H2,2H3,(H,28,31)/t19-,23+/m0/s1. The fourth-order valence-corrected chi connectivity index (χ4v) is 4.69. The van der Waals surface area contributed by atoms with Crippen LogP contribution in [0.15, 0.2) is 61.4 Å². The first-order valence-electron chi connectivity index (χ1n) is 11.2. The Hall–Kier alpha value is -2.95. The van der Waals surface area contributed by atoms with Gasteiger partial charge in [0.15, 0.2) is 0 Å². The van der Waals surface area contributed by atoms with Gasteiger partial charge < -0.3 is 10.2 Å². The molecule has 1 N–H and O–H groups in total. The minimum atomic E-state index is -0.508. The van der Waals surface area contributed by atoms with Crippen molar-refractivity contribution in [3.8, 4) is 11.1 Å². The van der Waals surface area contributed by atoms with Gasteiger partial charge in [-0.15, -0.1) is 6.58 Å². The van der Waals surface area contributed by atoms with Crippen LogP contribution in [0, 0.1) is 17.3 Å². The molecule has 0 radical (unpaired) electrons. The van der Waals surface area contributed by atoms with Gasteiger partial charge in [-0.1, -0.05) is 37.3 Å². The average molecular weight is 418 g/mol. The Morgan fingerprint density at radius 3 is 2.55 bits per heavy atom. The third-order valence-corrected chi connectivity index (χ3v) is 6.83. The van der Waals surface area contributed by atoms with Gasteiger partial charge in [-0.3, -0.25) is 14.6 Å². The van der Waals surface area contributed by atoms with Crippen molar-refractivity contribution in [3.05, 3.63) is 67.0 Å². The molecule has 1 aromatic heterocycles. The van der Waals surface area contributed by atoms with E-state index in [0.717, 1.165) is 23.1 Å². The smallest absolute Gasteiger partial charge is 0.226 e. The van der Waals surface area contributed by atoms with Gasteiger partial charge in [0, 0.05) is 37.9 Å². The molecule has 2 aromatic rings. The molecular weight excluding hydrogens is 386 g/mol. The molecule has 0 spiro atoms. The van der Waals surface area contributed by atoms with Crippen LogP contribution in [-0.4, -0.2) is 41.3 Å². The molecule has 5 heteroatoms. The fourth-order valence-electron chi connectivity index (χ4n) is 4.69. The Kier molecular flexibility index (Phi) is 6.21. The molecule has 2 fully saturated rings. The maximum absolute atomic E-state index is 13.2. The van der Waals surface area contributed by atoms with E-state index in [1.165, 1.54) is 0 Å². The first kappa shape index (κ1) is 21.3. The second-order valence-corrected chi connectivity index (χ2v) is 9.04. The molecule has 1 saturated heterocycles. The highest BCUT2D eigenvalue weighted by Crippen LogP contribution is 2.42. The number of carbonyl (C=O) groups excluding carboxylic acids is 2. The number of hydrogen-bond donors (Lipinski definition) is 1. The van der Waals surface area contributed by atoms with Crippen LogP contribution in [0.2, 0.25) is 0 Å². The van der Waals surface area contributed by atoms with Crippen LogP contribution in [0.4, 0.5) is 0 Å². The Morgan fingerprint density at radius 2 is 1.90 bits per heavy atom. The molecule has 1 aliphatic heterocycles. The lowest BCUT2D eigenvalue weighted by Crippen LogP contribution is -2.51. The fraction of sp³-hybridized carbons (Fsp3) is 0.423. The summed E-state index contributed by atoms with van der Waals surface area (Å²) in [7, 11) is 0. The summed E-state index contributed by atoms with van der Waals surface area (Å²) in [5, 5.41) is 3.03. The van der Waals surface area contributed by atoms with Gasteiger partial charge in [0.1, 0.15) is 0 Å². The van der Waals surface area contributed by atoms with Gasteiger partial charge in [0.2, 0.25) is 11.8 Å². The van der Waals surface area contributed by atoms with Crippen LogP contribution in [-0.2, 0) is 16.0 Å². The maximum Gasteiger partial charge on any atom is 0.226 e. The number of nitrogens with zero attached hydrogens (tertiary/aromatic N) is 2. The van der Waals surface area contributed by atoms with Crippen LogP contribution in [0.1, 0.15) is 31.7 Å². The van der Waals surface area contributed by atoms with E-state index in [1.54, 1.807) is 18.5 Å². The quantitative estimate of drug-likeness (QED) is 0.696. The summed E-state index contributed by atoms with van der Waals surface area (Å²) in [6.45, 7) is 7.61. The number of aromatic nitrogens is 1. The Morgan fingerprint density at radius 1 is 1.19 bits per heavy atom. The number of benzene rings is 1. The molecule has 31 heavy (non-hydrogen) atoms. The third-order valence-electron chi connectivity index (χ3n) is 6.83. The van der Waals surface area contributed by atoms with Crippen LogP contribution < -0.4 is 5.32 Å². The lowest BCUT2D eigenvalue weighted by atomic mass is 9.72. The van der Waals surface area contributed by atoms with Crippen molar-refractivity contribution in [2.24, 2.45) is 17.3 Å². The number of amides is 2. The Labute approximate surface area is 184 Å². The van der Waals surface area contributed by atoms with Crippen molar-refractivity contribution in [2.75, 3.05) is 19.6 Å². The average Bonchev–Trinajstić information content (AvgIpc) is 3.54. The number of rotatable bonds is 7. The second-order valence-electron chi connectivity index (χ2n) is 9.04. The maximum atomic E-state index is 13.2. The van der Waals surface area contributed by atoms with Crippen LogP contribution in [0.5, 0.6) is 0 Å². The van der Waals surface area contributed by atoms with Crippen LogP contribution in [0.3, 0.4) is 0 Å². The van der Waals surface area contributed by atoms with E-state index in [1.807, 2.05) is 23.1 Å². The molecule has 0 unspecified atom stereocenters. The number of nitrogens with one attached hydrogen (secondary N) is 1. The van der Waals surface area contributed by atoms with Gasteiger partial charge in [-0.05, 0) is 60.4 Å². The zero-order valence-corrected chi connectivity index (χ0v) is 18.2. The van der Waals surface area contributed by atoms with Crippen LogP contribution in [0.25, 0.3) is 11.1 Å². The van der Waals surface area contributed by atoms with Gasteiger partial charge >= 0.3 is 0 Å². The first-order chi connectivity index (χ1) is 15.0. The van der Waals surface area contributed by atoms with E-state index in [9.17, 15) is 9.59 Å². The van der Waals surface area contributed by atoms with E-state index in [-0.39, 0.29) is 17.7 Å². The summed E-state index contributed by atoms with van der Waals surface area (Å²) >= 11 is 0. The summed E-state index contributed by atoms with van der Waals surface area (Å²) in [5.41, 5.74) is 2.86. The molecule has 5 nitrogen and oxygen atoms in total. The van der Waals surface area contributed by atoms with E-state index >= 15 is 0 Å². The highest BCUT2D eigenvalue weighted by Gasteiger charge is 2.46. The van der Waals surface area contributed by atoms with Crippen molar-refractivity contribution in [1.29, 1.82) is 0 Å². The van der Waals surface area contributed by atoms with Crippen molar-refractivity contribution in [1.82, 2.24) is 15.2 Å². The summed E-state index contributed by atoms with van der Waals surface area (Å²) in [5.74, 6) is 1.03. The number of piperidine rings is 1. The highest BCUT2D eigenvalue weighted by atomic mass is 16.2. The lowest BCUT2D eigenvalue weighted by molar-refractivity contribution is -0.141. The van der Waals surface area contributed by atoms with Crippen molar-refractivity contribution in [3.63, 3.8) is 0 Å². The zero-order valence-electron chi connectivity index (χ0n) is 18.2. The van der Waals surface area contributed by atoms with Crippen molar-refractivity contribution < 1.29 is 9.59 Å². The van der Waals surface area contributed by atoms with Gasteiger partial charge in [-0.25, -0.2) is 0 Å². The number of likely N-dealkylation sites (tertiary alicyclic amines) is 1. The molecule has 2 heterocycles. The summed E-state index contributed by atoms with van der Waals surface area (Å²) in [6, 6.07) is 12.4. The Balaban J connectivity index is 1.53. The van der Waals surface area contributed by atoms with Crippen molar-refractivity contribution >= 4 is 11.8 Å². The number of pyridine rings is 1. The molecule has 4 rings (SSSR count). The lowest BCUT2D eigenvalue weighted by Gasteiger charge is -2.41. The predicted molar refractivity (Wildman–Crippen MR) is 122 cm³/mol. The SMILES string of the molecule is C=CCNC(=O)C1(Cc2cccc(-c3ccncc3)c2)CCN(C(=O)[C@@H]2C[C@@H]2C)CC1. The molecule has 2 amide bonds. The summed E-state index contributed by atoms with van der Waals surface area (Å²) in [6.07, 6.45) is 8.33. The molecule has 1 aliphatic carbocycles. The normalized spacial score (nSPS) is 21.9. The highest BCUT2D eigenvalue weighted by molar-refractivity contribution is 5.85. The van der Waals surface area contributed by atoms with Gasteiger partial charge in [0.25, 0.3) is 0 Å². The van der Waals surface area contributed by atoms with E-state index in [2.05, 4.69) is 42.0 Å². The van der Waals surface area contributed by atoms with E-state index < -0.39 is 5.41 Å². The molecule has 2 aliphatic rings. The topological polar surface area (TPSA) is 62.3 Å². The summed E-state index contributed by atoms with van der Waals surface area (Å²) < 4.78 is 0. The number of hydrogen-bond acceptors (Lipinski definition) is 3. The third kappa shape index (κ3) is 4.71.